The Hall–Kier alpha value is -0.570. The minimum Gasteiger partial charge on any atom is -0.469 e. The van der Waals surface area contributed by atoms with Gasteiger partial charge in [-0.1, -0.05) is 58.3 Å². The van der Waals surface area contributed by atoms with Crippen molar-refractivity contribution in [2.24, 2.45) is 0 Å². The van der Waals surface area contributed by atoms with Gasteiger partial charge in [-0.3, -0.25) is 4.79 Å². The van der Waals surface area contributed by atoms with Crippen molar-refractivity contribution < 1.29 is 14.3 Å². The molecule has 0 unspecified atom stereocenters. The van der Waals surface area contributed by atoms with Crippen LogP contribution in [0.3, 0.4) is 0 Å². The lowest BCUT2D eigenvalue weighted by Crippen LogP contribution is -2.10. The van der Waals surface area contributed by atoms with Crippen LogP contribution in [0, 0.1) is 0 Å². The maximum absolute atomic E-state index is 11.0. The normalized spacial score (nSPS) is 21.2. The van der Waals surface area contributed by atoms with Gasteiger partial charge in [-0.2, -0.15) is 0 Å². The number of ether oxygens (including phenoxy) is 2. The third kappa shape index (κ3) is 9.45. The first-order valence-electron chi connectivity index (χ1n) is 9.48. The van der Waals surface area contributed by atoms with Crippen LogP contribution in [-0.4, -0.2) is 25.3 Å². The summed E-state index contributed by atoms with van der Waals surface area (Å²) in [6.45, 7) is 2.25. The molecule has 1 heterocycles. The number of carbonyl (C=O) groups excluding carboxylic acids is 1. The summed E-state index contributed by atoms with van der Waals surface area (Å²) in [5, 5.41) is 0. The molecule has 0 amide bonds. The van der Waals surface area contributed by atoms with Crippen molar-refractivity contribution in [1.29, 1.82) is 0 Å². The molecule has 1 aliphatic heterocycles. The van der Waals surface area contributed by atoms with E-state index in [1.807, 2.05) is 0 Å². The van der Waals surface area contributed by atoms with E-state index in [0.29, 0.717) is 18.6 Å². The number of hydrogen-bond acceptors (Lipinski definition) is 3. The van der Waals surface area contributed by atoms with E-state index in [4.69, 9.17) is 4.74 Å². The molecule has 0 radical (unpaired) electrons. The fraction of sp³-hybridized carbons (Fsp3) is 0.947. The van der Waals surface area contributed by atoms with Gasteiger partial charge in [0.2, 0.25) is 0 Å². The molecule has 0 aliphatic carbocycles. The summed E-state index contributed by atoms with van der Waals surface area (Å²) < 4.78 is 10.7. The molecule has 0 saturated carbocycles. The molecule has 130 valence electrons. The van der Waals surface area contributed by atoms with Gasteiger partial charge in [0, 0.05) is 6.42 Å². The third-order valence-corrected chi connectivity index (χ3v) is 4.71. The first-order chi connectivity index (χ1) is 10.8. The van der Waals surface area contributed by atoms with E-state index in [2.05, 4.69) is 11.7 Å². The second-order valence-corrected chi connectivity index (χ2v) is 6.69. The molecule has 1 saturated heterocycles. The largest absolute Gasteiger partial charge is 0.469 e. The monoisotopic (exact) mass is 312 g/mol. The van der Waals surface area contributed by atoms with E-state index in [1.165, 1.54) is 77.7 Å². The number of unbranched alkanes of at least 4 members (excludes halogenated alkanes) is 7. The van der Waals surface area contributed by atoms with E-state index < -0.39 is 0 Å². The number of methoxy groups -OCH3 is 1. The summed E-state index contributed by atoms with van der Waals surface area (Å²) in [6.07, 6.45) is 18.0. The van der Waals surface area contributed by atoms with Crippen molar-refractivity contribution in [3.05, 3.63) is 0 Å². The van der Waals surface area contributed by atoms with Crippen molar-refractivity contribution in [2.75, 3.05) is 7.11 Å². The van der Waals surface area contributed by atoms with Crippen molar-refractivity contribution in [2.45, 2.75) is 109 Å². The number of rotatable bonds is 13. The van der Waals surface area contributed by atoms with Crippen LogP contribution in [0.5, 0.6) is 0 Å². The van der Waals surface area contributed by atoms with Crippen molar-refractivity contribution >= 4 is 5.97 Å². The number of hydrogen-bond donors (Lipinski definition) is 0. The van der Waals surface area contributed by atoms with Gasteiger partial charge in [0.25, 0.3) is 0 Å². The molecule has 1 aliphatic rings. The smallest absolute Gasteiger partial charge is 0.305 e. The van der Waals surface area contributed by atoms with Crippen molar-refractivity contribution in [3.8, 4) is 0 Å². The topological polar surface area (TPSA) is 35.5 Å². The quantitative estimate of drug-likeness (QED) is 0.337. The summed E-state index contributed by atoms with van der Waals surface area (Å²) in [5.74, 6) is -0.0752. The van der Waals surface area contributed by atoms with Gasteiger partial charge in [0.1, 0.15) is 0 Å². The van der Waals surface area contributed by atoms with Crippen LogP contribution in [-0.2, 0) is 14.3 Å². The molecule has 3 heteroatoms. The van der Waals surface area contributed by atoms with Gasteiger partial charge in [0.15, 0.2) is 0 Å². The summed E-state index contributed by atoms with van der Waals surface area (Å²) in [4.78, 5) is 11.0. The van der Waals surface area contributed by atoms with E-state index in [9.17, 15) is 4.79 Å². The number of esters is 1. The van der Waals surface area contributed by atoms with Gasteiger partial charge < -0.3 is 9.47 Å². The van der Waals surface area contributed by atoms with Crippen LogP contribution >= 0.6 is 0 Å². The summed E-state index contributed by atoms with van der Waals surface area (Å²) >= 11 is 0. The van der Waals surface area contributed by atoms with Gasteiger partial charge in [-0.05, 0) is 32.1 Å². The van der Waals surface area contributed by atoms with Crippen molar-refractivity contribution in [3.63, 3.8) is 0 Å². The first-order valence-corrected chi connectivity index (χ1v) is 9.48. The Bertz CT molecular complexity index is 278. The zero-order valence-electron chi connectivity index (χ0n) is 14.8. The highest BCUT2D eigenvalue weighted by Gasteiger charge is 2.23. The van der Waals surface area contributed by atoms with Crippen LogP contribution in [0.2, 0.25) is 0 Å². The highest BCUT2D eigenvalue weighted by atomic mass is 16.5. The molecular formula is C19H36O3. The molecule has 0 aromatic rings. The molecule has 0 bridgehead atoms. The highest BCUT2D eigenvalue weighted by Crippen LogP contribution is 2.27. The van der Waals surface area contributed by atoms with E-state index >= 15 is 0 Å². The average Bonchev–Trinajstić information content (AvgIpc) is 2.98. The lowest BCUT2D eigenvalue weighted by Gasteiger charge is -2.13. The van der Waals surface area contributed by atoms with Gasteiger partial charge in [-0.25, -0.2) is 0 Å². The molecule has 0 spiro atoms. The minimum absolute atomic E-state index is 0.0752. The summed E-state index contributed by atoms with van der Waals surface area (Å²) in [6, 6.07) is 0. The molecule has 22 heavy (non-hydrogen) atoms. The van der Waals surface area contributed by atoms with Gasteiger partial charge in [0.05, 0.1) is 19.3 Å². The number of carbonyl (C=O) groups is 1. The standard InChI is InChI=1S/C19H36O3/c1-3-4-12-17-15-16-18(22-17)13-10-8-6-5-7-9-11-14-19(20)21-2/h17-18H,3-16H2,1-2H3/t17-,18-/m0/s1. The molecular weight excluding hydrogens is 276 g/mol. The maximum Gasteiger partial charge on any atom is 0.305 e. The molecule has 1 fully saturated rings. The lowest BCUT2D eigenvalue weighted by atomic mass is 10.0. The SMILES string of the molecule is CCCC[C@H]1CC[C@H](CCCCCCCCCC(=O)OC)O1. The lowest BCUT2D eigenvalue weighted by molar-refractivity contribution is -0.140. The zero-order chi connectivity index (χ0) is 16.0. The molecule has 0 aromatic carbocycles. The Morgan fingerprint density at radius 3 is 2.05 bits per heavy atom. The van der Waals surface area contributed by atoms with Crippen molar-refractivity contribution in [1.82, 2.24) is 0 Å². The zero-order valence-corrected chi connectivity index (χ0v) is 14.8. The van der Waals surface area contributed by atoms with Crippen LogP contribution in [0.25, 0.3) is 0 Å². The average molecular weight is 312 g/mol. The highest BCUT2D eigenvalue weighted by molar-refractivity contribution is 5.68. The van der Waals surface area contributed by atoms with Crippen LogP contribution in [0.4, 0.5) is 0 Å². The second-order valence-electron chi connectivity index (χ2n) is 6.69. The summed E-state index contributed by atoms with van der Waals surface area (Å²) in [7, 11) is 1.46. The maximum atomic E-state index is 11.0. The Labute approximate surface area is 137 Å². The molecule has 2 atom stereocenters. The Morgan fingerprint density at radius 2 is 1.45 bits per heavy atom. The molecule has 0 N–H and O–H groups in total. The van der Waals surface area contributed by atoms with E-state index in [1.54, 1.807) is 0 Å². The van der Waals surface area contributed by atoms with Crippen LogP contribution in [0.15, 0.2) is 0 Å². The molecule has 1 rings (SSSR count). The van der Waals surface area contributed by atoms with Gasteiger partial charge in [-0.15, -0.1) is 0 Å². The third-order valence-electron chi connectivity index (χ3n) is 4.71. The fourth-order valence-electron chi connectivity index (χ4n) is 3.26. The van der Waals surface area contributed by atoms with Crippen LogP contribution in [0.1, 0.15) is 96.8 Å². The summed E-state index contributed by atoms with van der Waals surface area (Å²) in [5.41, 5.74) is 0. The predicted octanol–water partition coefficient (Wildman–Crippen LogP) is 5.41. The Kier molecular flexibility index (Phi) is 11.4. The minimum atomic E-state index is -0.0752. The first kappa shape index (κ1) is 19.5. The predicted molar refractivity (Wildman–Crippen MR) is 91.0 cm³/mol. The Balaban J connectivity index is 1.83. The van der Waals surface area contributed by atoms with E-state index in [-0.39, 0.29) is 5.97 Å². The van der Waals surface area contributed by atoms with E-state index in [0.717, 1.165) is 12.8 Å². The Morgan fingerprint density at radius 1 is 0.909 bits per heavy atom. The molecule has 3 nitrogen and oxygen atoms in total. The van der Waals surface area contributed by atoms with Crippen LogP contribution < -0.4 is 0 Å². The van der Waals surface area contributed by atoms with Gasteiger partial charge >= 0.3 is 5.97 Å². The molecule has 0 aromatic heterocycles. The fourth-order valence-corrected chi connectivity index (χ4v) is 3.26. The second kappa shape index (κ2) is 12.9.